The fraction of sp³-hybridized carbons (Fsp3) is 0.280. The zero-order chi connectivity index (χ0) is 82.1. The van der Waals surface area contributed by atoms with Gasteiger partial charge < -0.3 is 56.8 Å². The molecule has 0 saturated heterocycles. The Morgan fingerprint density at radius 1 is 0.128 bits per heavy atom. The van der Waals surface area contributed by atoms with Gasteiger partial charge in [-0.1, -0.05) is 146 Å². The fourth-order valence-electron chi connectivity index (χ4n) is 17.0. The molecule has 0 amide bonds. The molecule has 0 unspecified atom stereocenters. The average Bonchev–Trinajstić information content (AvgIpc) is 0.698. The van der Waals surface area contributed by atoms with E-state index in [-0.39, 0.29) is 0 Å². The summed E-state index contributed by atoms with van der Waals surface area (Å²) in [6.07, 6.45) is 0. The maximum atomic E-state index is 6.05. The van der Waals surface area contributed by atoms with E-state index in [0.29, 0.717) is 79.3 Å². The Bertz CT molecular complexity index is 3860. The summed E-state index contributed by atoms with van der Waals surface area (Å²) >= 11 is 0. The van der Waals surface area contributed by atoms with Crippen LogP contribution in [-0.4, -0.2) is 109 Å². The van der Waals surface area contributed by atoms with E-state index >= 15 is 0 Å². The molecule has 0 atom stereocenters. The fourth-order valence-corrected chi connectivity index (χ4v) is 57.7. The highest BCUT2D eigenvalue weighted by atomic mass is 31.3. The lowest BCUT2D eigenvalue weighted by Gasteiger charge is -2.41. The Kier molecular flexibility index (Phi) is 32.6. The first-order valence-corrected chi connectivity index (χ1v) is 50.1. The van der Waals surface area contributed by atoms with Gasteiger partial charge in [-0.25, -0.2) is 0 Å². The van der Waals surface area contributed by atoms with Crippen LogP contribution < -0.4 is 63.7 Å². The van der Waals surface area contributed by atoms with Crippen LogP contribution in [0.5, 0.6) is 0 Å². The Hall–Kier alpha value is -7.69. The molecule has 0 aromatic heterocycles. The van der Waals surface area contributed by atoms with E-state index in [1.165, 1.54) is 63.7 Å². The van der Waals surface area contributed by atoms with Crippen molar-refractivity contribution in [2.75, 3.05) is 109 Å². The van der Waals surface area contributed by atoms with E-state index in [0.717, 1.165) is 90.4 Å². The number of ether oxygens (including phenoxy) is 12. The van der Waals surface area contributed by atoms with Crippen molar-refractivity contribution in [1.82, 2.24) is 0 Å². The highest BCUT2D eigenvalue weighted by molar-refractivity contribution is 8.18. The van der Waals surface area contributed by atoms with Crippen LogP contribution in [0.2, 0.25) is 0 Å². The molecule has 0 fully saturated rings. The highest BCUT2D eigenvalue weighted by Crippen LogP contribution is 2.88. The summed E-state index contributed by atoms with van der Waals surface area (Å²) in [4.78, 5) is 0. The predicted molar refractivity (Wildman–Crippen MR) is 496 cm³/mol. The van der Waals surface area contributed by atoms with E-state index in [2.05, 4.69) is 291 Å². The van der Waals surface area contributed by atoms with E-state index in [9.17, 15) is 0 Å². The largest absolute Gasteiger partial charge is 0.380 e. The molecule has 12 nitrogen and oxygen atoms in total. The van der Waals surface area contributed by atoms with Crippen molar-refractivity contribution < 1.29 is 56.8 Å². The first-order chi connectivity index (χ1) is 57.3. The van der Waals surface area contributed by atoms with Crippen LogP contribution >= 0.6 is 36.3 Å². The van der Waals surface area contributed by atoms with Crippen molar-refractivity contribution in [3.05, 3.63) is 358 Å². The van der Waals surface area contributed by atoms with Gasteiger partial charge in [0.05, 0.1) is 79.3 Å². The summed E-state index contributed by atoms with van der Waals surface area (Å²) < 4.78 is 72.5. The van der Waals surface area contributed by atoms with Crippen molar-refractivity contribution in [3.63, 3.8) is 0 Å². The summed E-state index contributed by atoms with van der Waals surface area (Å²) in [5, 5.41) is 15.3. The van der Waals surface area contributed by atoms with E-state index in [1.54, 1.807) is 85.3 Å². The lowest BCUT2D eigenvalue weighted by atomic mass is 10.2. The first kappa shape index (κ1) is 88.6. The van der Waals surface area contributed by atoms with Crippen LogP contribution in [-0.2, 0) is 136 Å². The van der Waals surface area contributed by atoms with Crippen molar-refractivity contribution in [3.8, 4) is 0 Å². The zero-order valence-corrected chi connectivity index (χ0v) is 74.6. The highest BCUT2D eigenvalue weighted by Gasteiger charge is 2.73. The Morgan fingerprint density at radius 3 is 0.274 bits per heavy atom. The number of hydrogen-bond donors (Lipinski definition) is 0. The molecular formula is C100H116O12P5+5. The summed E-state index contributed by atoms with van der Waals surface area (Å²) in [5.74, 6) is 3.02. The molecule has 0 heterocycles. The Labute approximate surface area is 698 Å². The predicted octanol–water partition coefficient (Wildman–Crippen LogP) is 16.6. The Balaban J connectivity index is 1.42. The molecule has 0 radical (unpaired) electrons. The maximum Gasteiger partial charge on any atom is 0.185 e. The molecule has 117 heavy (non-hydrogen) atoms. The quantitative estimate of drug-likeness (QED) is 0.0339. The average molecular weight is 1660 g/mol. The molecule has 12 aromatic rings. The van der Waals surface area contributed by atoms with Gasteiger partial charge in [0, 0.05) is 85.3 Å². The summed E-state index contributed by atoms with van der Waals surface area (Å²) in [7, 11) is 5.33. The van der Waals surface area contributed by atoms with Crippen LogP contribution in [0.4, 0.5) is 0 Å². The van der Waals surface area contributed by atoms with Gasteiger partial charge in [0.15, 0.2) is 30.9 Å². The minimum Gasteiger partial charge on any atom is -0.380 e. The molecule has 608 valence electrons. The monoisotopic (exact) mass is 1660 g/mol. The van der Waals surface area contributed by atoms with Gasteiger partial charge in [-0.3, -0.25) is 0 Å². The first-order valence-electron chi connectivity index (χ1n) is 39.7. The third-order valence-corrected chi connectivity index (χ3v) is 52.9. The molecule has 0 aliphatic carbocycles. The second-order valence-corrected chi connectivity index (χ2v) is 50.2. The molecule has 0 spiro atoms. The van der Waals surface area contributed by atoms with Crippen LogP contribution in [0.15, 0.2) is 291 Å². The third kappa shape index (κ3) is 20.5. The summed E-state index contributed by atoms with van der Waals surface area (Å²) in [6.45, 7) is 5.42. The van der Waals surface area contributed by atoms with Crippen LogP contribution in [0.3, 0.4) is 0 Å². The third-order valence-electron chi connectivity index (χ3n) is 22.3. The molecule has 12 rings (SSSR count). The summed E-state index contributed by atoms with van der Waals surface area (Å²) in [6, 6.07) is 115. The standard InChI is InChI=1S/C100H116O12P5/c1-101-61-77-13-37-89(38-14-77)114(90-39-15-78(16-40-90)62-102-2,91-41-17-79(18-42-91)63-103-3)73-113(74-115(92-43-19-80(20-44-92)64-104-4,93-45-21-81(22-46-93)65-105-5)94-47-23-82(24-48-94)66-106-6,75-116(95-49-25-83(26-50-95)67-107-7,96-51-27-84(28-52-96)68-108-8)97-53-29-85(30-54-97)69-109-9)76-117(98-55-31-86(32-56-98)70-110-10,99-57-33-87(34-58-99)71-111-11)100-59-35-88(36-60-100)72-112-12/h13-60H,61-76H2,1-12H3/q+5. The number of rotatable bonds is 44. The second kappa shape index (κ2) is 43.0. The molecule has 0 N–H and O–H groups in total. The van der Waals surface area contributed by atoms with Gasteiger partial charge in [0.2, 0.25) is 0 Å². The van der Waals surface area contributed by atoms with Crippen LogP contribution in [0.25, 0.3) is 0 Å². The topological polar surface area (TPSA) is 111 Å². The van der Waals surface area contributed by atoms with Gasteiger partial charge in [-0.05, 0) is 212 Å². The van der Waals surface area contributed by atoms with E-state index in [1.807, 2.05) is 0 Å². The number of hydrogen-bond acceptors (Lipinski definition) is 12. The van der Waals surface area contributed by atoms with E-state index in [4.69, 9.17) is 56.8 Å². The number of methoxy groups -OCH3 is 12. The van der Waals surface area contributed by atoms with Gasteiger partial charge in [0.25, 0.3) is 0 Å². The smallest absolute Gasteiger partial charge is 0.185 e. The van der Waals surface area contributed by atoms with Gasteiger partial charge in [0.1, 0.15) is 92.7 Å². The lowest BCUT2D eigenvalue weighted by molar-refractivity contribution is 0.185. The zero-order valence-electron chi connectivity index (χ0n) is 70.2. The summed E-state index contributed by atoms with van der Waals surface area (Å²) in [5.41, 5.74) is 13.1. The lowest BCUT2D eigenvalue weighted by Crippen LogP contribution is -2.43. The number of benzene rings is 12. The molecular weight excluding hydrogens is 1550 g/mol. The molecule has 0 bridgehead atoms. The molecule has 0 saturated carbocycles. The Morgan fingerprint density at radius 2 is 0.205 bits per heavy atom. The van der Waals surface area contributed by atoms with Crippen molar-refractivity contribution in [1.29, 1.82) is 0 Å². The SMILES string of the molecule is COCc1ccc([P+](C[P+](C[P+](c2ccc(COC)cc2)(c2ccc(COC)cc2)c2ccc(COC)cc2)(C[P+](c2ccc(COC)cc2)(c2ccc(COC)cc2)c2ccc(COC)cc2)C[P+](c2ccc(COC)cc2)(c2ccc(COC)cc2)c2ccc(COC)cc2)(c2ccc(COC)cc2)c2ccc(COC)cc2)cc1. The maximum absolute atomic E-state index is 6.05. The van der Waals surface area contributed by atoms with Crippen LogP contribution in [0.1, 0.15) is 66.8 Å². The molecule has 0 aliphatic heterocycles. The second-order valence-electron chi connectivity index (χ2n) is 30.3. The van der Waals surface area contributed by atoms with Crippen molar-refractivity contribution >= 4 is 100.0 Å². The minimum absolute atomic E-state index is 0.452. The molecule has 0 aliphatic rings. The van der Waals surface area contributed by atoms with Crippen molar-refractivity contribution in [2.45, 2.75) is 79.3 Å². The molecule has 17 heteroatoms. The van der Waals surface area contributed by atoms with Crippen LogP contribution in [0, 0.1) is 0 Å². The normalized spacial score (nSPS) is 12.2. The van der Waals surface area contributed by atoms with Gasteiger partial charge in [-0.2, -0.15) is 0 Å². The van der Waals surface area contributed by atoms with Gasteiger partial charge >= 0.3 is 0 Å². The van der Waals surface area contributed by atoms with E-state index < -0.39 is 36.3 Å². The van der Waals surface area contributed by atoms with Crippen molar-refractivity contribution in [2.24, 2.45) is 0 Å². The van der Waals surface area contributed by atoms with Gasteiger partial charge in [-0.15, -0.1) is 0 Å². The minimum atomic E-state index is -3.36. The molecule has 12 aromatic carbocycles.